The van der Waals surface area contributed by atoms with Crippen molar-refractivity contribution in [1.29, 1.82) is 0 Å². The second-order valence-electron chi connectivity index (χ2n) is 7.95. The Bertz CT molecular complexity index is 774. The summed E-state index contributed by atoms with van der Waals surface area (Å²) in [6.07, 6.45) is 4.97. The van der Waals surface area contributed by atoms with Crippen LogP contribution in [0.1, 0.15) is 46.5 Å². The summed E-state index contributed by atoms with van der Waals surface area (Å²) >= 11 is 0. The normalized spacial score (nSPS) is 16.5. The lowest BCUT2D eigenvalue weighted by Gasteiger charge is -2.35. The smallest absolute Gasteiger partial charge is 0.141 e. The van der Waals surface area contributed by atoms with Crippen LogP contribution >= 0.6 is 0 Å². The molecule has 0 radical (unpaired) electrons. The van der Waals surface area contributed by atoms with Gasteiger partial charge in [0.1, 0.15) is 5.75 Å². The topological polar surface area (TPSA) is 21.3 Å². The zero-order valence-corrected chi connectivity index (χ0v) is 16.6. The van der Waals surface area contributed by atoms with E-state index in [9.17, 15) is 0 Å². The minimum atomic E-state index is 0.333. The summed E-state index contributed by atoms with van der Waals surface area (Å²) in [6.45, 7) is 8.03. The number of allylic oxidation sites excluding steroid dienone is 1. The molecule has 2 heteroatoms. The summed E-state index contributed by atoms with van der Waals surface area (Å²) in [7, 11) is 1.74. The number of hydrogen-bond acceptors (Lipinski definition) is 2. The van der Waals surface area contributed by atoms with E-state index in [1.54, 1.807) is 18.3 Å². The summed E-state index contributed by atoms with van der Waals surface area (Å²) in [4.78, 5) is 0. The molecule has 0 bridgehead atoms. The first-order valence-electron chi connectivity index (χ1n) is 9.68. The molecule has 1 aliphatic carbocycles. The van der Waals surface area contributed by atoms with E-state index in [0.29, 0.717) is 5.41 Å². The van der Waals surface area contributed by atoms with Gasteiger partial charge < -0.3 is 10.1 Å². The molecular weight excluding hydrogens is 318 g/mol. The van der Waals surface area contributed by atoms with Crippen LogP contribution in [0.4, 0.5) is 5.69 Å². The van der Waals surface area contributed by atoms with Crippen molar-refractivity contribution in [2.24, 2.45) is 5.41 Å². The Labute approximate surface area is 158 Å². The predicted molar refractivity (Wildman–Crippen MR) is 112 cm³/mol. The van der Waals surface area contributed by atoms with Crippen molar-refractivity contribution < 1.29 is 4.74 Å². The molecule has 0 saturated heterocycles. The fraction of sp³-hybridized carbons (Fsp3) is 0.417. The minimum Gasteiger partial charge on any atom is -0.495 e. The van der Waals surface area contributed by atoms with Crippen LogP contribution in [-0.4, -0.2) is 13.7 Å². The van der Waals surface area contributed by atoms with Gasteiger partial charge in [-0.2, -0.15) is 0 Å². The molecule has 2 nitrogen and oxygen atoms in total. The first-order valence-corrected chi connectivity index (χ1v) is 9.68. The van der Waals surface area contributed by atoms with Crippen molar-refractivity contribution in [3.63, 3.8) is 0 Å². The summed E-state index contributed by atoms with van der Waals surface area (Å²) in [5.41, 5.74) is 7.07. The standard InChI is InChI=1S/C24H31NO/c1-18-9-8-15-24(2,3)21(18)14-16-25-22-17-20(12-13-23(22)26-4)19-10-6-5-7-11-19/h5-7,10-13,17,25H,8-9,14-16H2,1-4H3. The molecule has 0 amide bonds. The summed E-state index contributed by atoms with van der Waals surface area (Å²) in [6, 6.07) is 16.9. The maximum atomic E-state index is 5.57. The highest BCUT2D eigenvalue weighted by molar-refractivity contribution is 5.72. The lowest BCUT2D eigenvalue weighted by molar-refractivity contribution is 0.356. The Morgan fingerprint density at radius 3 is 2.50 bits per heavy atom. The van der Waals surface area contributed by atoms with Gasteiger partial charge in [-0.05, 0) is 61.3 Å². The molecule has 0 saturated carbocycles. The summed E-state index contributed by atoms with van der Waals surface area (Å²) in [5, 5.41) is 3.62. The number of ether oxygens (including phenoxy) is 1. The zero-order chi connectivity index (χ0) is 18.6. The first-order chi connectivity index (χ1) is 12.5. The van der Waals surface area contributed by atoms with Gasteiger partial charge in [-0.3, -0.25) is 0 Å². The Morgan fingerprint density at radius 1 is 1.04 bits per heavy atom. The van der Waals surface area contributed by atoms with Crippen LogP contribution < -0.4 is 10.1 Å². The molecule has 0 unspecified atom stereocenters. The van der Waals surface area contributed by atoms with Gasteiger partial charge in [0.15, 0.2) is 0 Å². The Hall–Kier alpha value is -2.22. The zero-order valence-electron chi connectivity index (χ0n) is 16.6. The van der Waals surface area contributed by atoms with Crippen LogP contribution in [0.2, 0.25) is 0 Å². The fourth-order valence-corrected chi connectivity index (χ4v) is 4.21. The van der Waals surface area contributed by atoms with E-state index in [4.69, 9.17) is 4.74 Å². The van der Waals surface area contributed by atoms with Crippen LogP contribution in [-0.2, 0) is 0 Å². The molecule has 0 aromatic heterocycles. The molecule has 0 aliphatic heterocycles. The maximum Gasteiger partial charge on any atom is 0.141 e. The Morgan fingerprint density at radius 2 is 1.81 bits per heavy atom. The molecule has 0 spiro atoms. The van der Waals surface area contributed by atoms with Gasteiger partial charge in [-0.15, -0.1) is 0 Å². The number of anilines is 1. The van der Waals surface area contributed by atoms with Crippen LogP contribution in [0.3, 0.4) is 0 Å². The lowest BCUT2D eigenvalue weighted by Crippen LogP contribution is -2.22. The Balaban J connectivity index is 1.75. The molecule has 3 rings (SSSR count). The third-order valence-corrected chi connectivity index (χ3v) is 5.68. The second-order valence-corrected chi connectivity index (χ2v) is 7.95. The number of rotatable bonds is 6. The van der Waals surface area contributed by atoms with E-state index in [2.05, 4.69) is 68.6 Å². The largest absolute Gasteiger partial charge is 0.495 e. The number of nitrogens with one attached hydrogen (secondary N) is 1. The van der Waals surface area contributed by atoms with Gasteiger partial charge in [0.25, 0.3) is 0 Å². The van der Waals surface area contributed by atoms with E-state index >= 15 is 0 Å². The van der Waals surface area contributed by atoms with E-state index in [1.165, 1.54) is 30.4 Å². The van der Waals surface area contributed by atoms with E-state index in [-0.39, 0.29) is 0 Å². The average molecular weight is 350 g/mol. The van der Waals surface area contributed by atoms with Crippen molar-refractivity contribution in [2.75, 3.05) is 19.0 Å². The van der Waals surface area contributed by atoms with Crippen LogP contribution in [0, 0.1) is 5.41 Å². The average Bonchev–Trinajstić information content (AvgIpc) is 2.64. The molecular formula is C24H31NO. The highest BCUT2D eigenvalue weighted by Crippen LogP contribution is 2.41. The second kappa shape index (κ2) is 7.99. The highest BCUT2D eigenvalue weighted by Gasteiger charge is 2.27. The molecule has 1 aliphatic rings. The minimum absolute atomic E-state index is 0.333. The quantitative estimate of drug-likeness (QED) is 0.586. The maximum absolute atomic E-state index is 5.57. The van der Waals surface area contributed by atoms with Crippen molar-refractivity contribution in [3.8, 4) is 16.9 Å². The predicted octanol–water partition coefficient (Wildman–Crippen LogP) is 6.69. The molecule has 2 aromatic carbocycles. The SMILES string of the molecule is COc1ccc(-c2ccccc2)cc1NCCC1=C(C)CCCC1(C)C. The third-order valence-electron chi connectivity index (χ3n) is 5.68. The third kappa shape index (κ3) is 4.12. The molecule has 138 valence electrons. The van der Waals surface area contributed by atoms with Crippen molar-refractivity contribution in [1.82, 2.24) is 0 Å². The molecule has 0 heterocycles. The number of benzene rings is 2. The lowest BCUT2D eigenvalue weighted by atomic mass is 9.71. The van der Waals surface area contributed by atoms with Crippen molar-refractivity contribution in [3.05, 3.63) is 59.7 Å². The van der Waals surface area contributed by atoms with Gasteiger partial charge in [0.2, 0.25) is 0 Å². The van der Waals surface area contributed by atoms with E-state index in [0.717, 1.165) is 24.4 Å². The summed E-state index contributed by atoms with van der Waals surface area (Å²) < 4.78 is 5.57. The molecule has 0 fully saturated rings. The van der Waals surface area contributed by atoms with Crippen molar-refractivity contribution >= 4 is 5.69 Å². The molecule has 0 atom stereocenters. The van der Waals surface area contributed by atoms with Gasteiger partial charge in [0, 0.05) is 6.54 Å². The van der Waals surface area contributed by atoms with Crippen LogP contribution in [0.25, 0.3) is 11.1 Å². The highest BCUT2D eigenvalue weighted by atomic mass is 16.5. The first kappa shape index (κ1) is 18.6. The van der Waals surface area contributed by atoms with Crippen LogP contribution in [0.5, 0.6) is 5.75 Å². The Kier molecular flexibility index (Phi) is 5.70. The number of hydrogen-bond donors (Lipinski definition) is 1. The molecule has 26 heavy (non-hydrogen) atoms. The molecule has 1 N–H and O–H groups in total. The van der Waals surface area contributed by atoms with E-state index in [1.807, 2.05) is 6.07 Å². The van der Waals surface area contributed by atoms with Gasteiger partial charge >= 0.3 is 0 Å². The molecule has 2 aromatic rings. The van der Waals surface area contributed by atoms with Gasteiger partial charge in [0.05, 0.1) is 12.8 Å². The van der Waals surface area contributed by atoms with Crippen molar-refractivity contribution in [2.45, 2.75) is 46.5 Å². The summed E-state index contributed by atoms with van der Waals surface area (Å²) in [5.74, 6) is 0.901. The van der Waals surface area contributed by atoms with Crippen LogP contribution in [0.15, 0.2) is 59.7 Å². The fourth-order valence-electron chi connectivity index (χ4n) is 4.21. The van der Waals surface area contributed by atoms with E-state index < -0.39 is 0 Å². The van der Waals surface area contributed by atoms with Gasteiger partial charge in [-0.25, -0.2) is 0 Å². The van der Waals surface area contributed by atoms with Gasteiger partial charge in [-0.1, -0.05) is 61.4 Å². The number of methoxy groups -OCH3 is 1. The monoisotopic (exact) mass is 349 g/mol.